The normalized spacial score (nSPS) is 10.6. The highest BCUT2D eigenvalue weighted by Gasteiger charge is 2.14. The van der Waals surface area contributed by atoms with E-state index in [-0.39, 0.29) is 23.8 Å². The Bertz CT molecular complexity index is 1080. The number of hydrogen-bond donors (Lipinski definition) is 2. The van der Waals surface area contributed by atoms with Crippen molar-refractivity contribution in [1.29, 1.82) is 0 Å². The Labute approximate surface area is 177 Å². The van der Waals surface area contributed by atoms with Crippen LogP contribution in [-0.2, 0) is 20.7 Å². The molecule has 152 valence electrons. The van der Waals surface area contributed by atoms with Gasteiger partial charge in [-0.05, 0) is 23.8 Å². The van der Waals surface area contributed by atoms with Crippen LogP contribution in [0.15, 0.2) is 66.1 Å². The van der Waals surface area contributed by atoms with E-state index in [0.29, 0.717) is 16.5 Å². The molecule has 0 atom stereocenters. The number of para-hydroxylation sites is 1. The number of carbonyl (C=O) groups excluding carboxylic acids is 3. The second-order valence-corrected chi connectivity index (χ2v) is 7.00. The molecule has 30 heavy (non-hydrogen) atoms. The van der Waals surface area contributed by atoms with Gasteiger partial charge in [-0.2, -0.15) is 0 Å². The smallest absolute Gasteiger partial charge is 0.339 e. The summed E-state index contributed by atoms with van der Waals surface area (Å²) < 4.78 is 4.72. The number of thiazole rings is 1. The van der Waals surface area contributed by atoms with Crippen LogP contribution in [0, 0.1) is 0 Å². The van der Waals surface area contributed by atoms with Crippen LogP contribution in [0.5, 0.6) is 0 Å². The molecule has 0 fully saturated rings. The topological polar surface area (TPSA) is 97.4 Å². The largest absolute Gasteiger partial charge is 0.465 e. The minimum Gasteiger partial charge on any atom is -0.465 e. The van der Waals surface area contributed by atoms with Gasteiger partial charge in [-0.1, -0.05) is 42.5 Å². The number of anilines is 2. The number of amides is 2. The lowest BCUT2D eigenvalue weighted by Crippen LogP contribution is -2.17. The summed E-state index contributed by atoms with van der Waals surface area (Å²) in [7, 11) is 1.28. The number of nitrogens with zero attached hydrogens (tertiary/aromatic N) is 1. The van der Waals surface area contributed by atoms with Gasteiger partial charge in [0.15, 0.2) is 5.13 Å². The Balaban J connectivity index is 1.56. The number of benzene rings is 2. The third-order valence-corrected chi connectivity index (χ3v) is 4.76. The van der Waals surface area contributed by atoms with Gasteiger partial charge in [0.25, 0.3) is 0 Å². The first-order valence-electron chi connectivity index (χ1n) is 9.01. The average Bonchev–Trinajstić information content (AvgIpc) is 3.19. The first-order chi connectivity index (χ1) is 14.5. The molecule has 1 aromatic heterocycles. The molecule has 0 aliphatic rings. The highest BCUT2D eigenvalue weighted by Crippen LogP contribution is 2.19. The van der Waals surface area contributed by atoms with E-state index in [0.717, 1.165) is 5.56 Å². The number of carbonyl (C=O) groups is 3. The molecule has 0 aliphatic carbocycles. The lowest BCUT2D eigenvalue weighted by atomic mass is 10.1. The summed E-state index contributed by atoms with van der Waals surface area (Å²) in [5, 5.41) is 7.46. The summed E-state index contributed by atoms with van der Waals surface area (Å²) in [6.07, 6.45) is 3.13. The van der Waals surface area contributed by atoms with Crippen LogP contribution in [0.4, 0.5) is 10.8 Å². The molecule has 2 aromatic carbocycles. The van der Waals surface area contributed by atoms with E-state index in [1.807, 2.05) is 30.3 Å². The van der Waals surface area contributed by atoms with Gasteiger partial charge in [0.1, 0.15) is 0 Å². The van der Waals surface area contributed by atoms with E-state index in [4.69, 9.17) is 4.74 Å². The number of ether oxygens (including phenoxy) is 1. The van der Waals surface area contributed by atoms with Gasteiger partial charge in [0.2, 0.25) is 11.8 Å². The molecule has 3 aromatic rings. The van der Waals surface area contributed by atoms with Crippen molar-refractivity contribution in [2.45, 2.75) is 6.42 Å². The lowest BCUT2D eigenvalue weighted by Gasteiger charge is -2.08. The minimum absolute atomic E-state index is 0.00172. The van der Waals surface area contributed by atoms with Crippen LogP contribution in [0.1, 0.15) is 21.6 Å². The monoisotopic (exact) mass is 421 g/mol. The quantitative estimate of drug-likeness (QED) is 0.447. The van der Waals surface area contributed by atoms with Crippen LogP contribution >= 0.6 is 11.3 Å². The van der Waals surface area contributed by atoms with Gasteiger partial charge in [0, 0.05) is 11.5 Å². The molecule has 1 heterocycles. The Morgan fingerprint density at radius 2 is 1.77 bits per heavy atom. The van der Waals surface area contributed by atoms with Gasteiger partial charge in [-0.3, -0.25) is 14.9 Å². The van der Waals surface area contributed by atoms with Gasteiger partial charge in [-0.25, -0.2) is 9.78 Å². The van der Waals surface area contributed by atoms with Crippen LogP contribution < -0.4 is 10.6 Å². The first kappa shape index (κ1) is 20.9. The van der Waals surface area contributed by atoms with E-state index in [1.54, 1.807) is 35.7 Å². The van der Waals surface area contributed by atoms with Gasteiger partial charge in [-0.15, -0.1) is 11.3 Å². The maximum absolute atomic E-state index is 12.3. The van der Waals surface area contributed by atoms with E-state index >= 15 is 0 Å². The maximum atomic E-state index is 12.3. The van der Waals surface area contributed by atoms with Gasteiger partial charge >= 0.3 is 5.97 Å². The molecule has 0 radical (unpaired) electrons. The van der Waals surface area contributed by atoms with Crippen LogP contribution in [0.25, 0.3) is 6.08 Å². The predicted octanol–water partition coefficient (Wildman–Crippen LogP) is 3.76. The van der Waals surface area contributed by atoms with Crippen molar-refractivity contribution < 1.29 is 19.1 Å². The van der Waals surface area contributed by atoms with Crippen molar-refractivity contribution in [3.05, 3.63) is 82.9 Å². The second kappa shape index (κ2) is 10.1. The van der Waals surface area contributed by atoms with Crippen LogP contribution in [0.3, 0.4) is 0 Å². The summed E-state index contributed by atoms with van der Waals surface area (Å²) in [6.45, 7) is 0. The summed E-state index contributed by atoms with van der Waals surface area (Å²) in [5.41, 5.74) is 2.06. The van der Waals surface area contributed by atoms with Crippen molar-refractivity contribution in [3.63, 3.8) is 0 Å². The van der Waals surface area contributed by atoms with Crippen molar-refractivity contribution in [1.82, 2.24) is 4.98 Å². The molecular formula is C22H19N3O4S. The van der Waals surface area contributed by atoms with Gasteiger partial charge < -0.3 is 10.1 Å². The van der Waals surface area contributed by atoms with E-state index in [9.17, 15) is 14.4 Å². The molecule has 2 amide bonds. The highest BCUT2D eigenvalue weighted by molar-refractivity contribution is 7.14. The molecule has 2 N–H and O–H groups in total. The Morgan fingerprint density at radius 3 is 2.53 bits per heavy atom. The third kappa shape index (κ3) is 5.86. The number of esters is 1. The maximum Gasteiger partial charge on any atom is 0.339 e. The van der Waals surface area contributed by atoms with E-state index in [1.165, 1.54) is 24.5 Å². The Hall–Kier alpha value is -3.78. The van der Waals surface area contributed by atoms with Crippen molar-refractivity contribution in [2.24, 2.45) is 0 Å². The van der Waals surface area contributed by atoms with E-state index in [2.05, 4.69) is 15.6 Å². The Morgan fingerprint density at radius 1 is 1.03 bits per heavy atom. The number of hydrogen-bond acceptors (Lipinski definition) is 6. The summed E-state index contributed by atoms with van der Waals surface area (Å²) in [6, 6.07) is 16.0. The third-order valence-electron chi connectivity index (χ3n) is 3.96. The summed E-state index contributed by atoms with van der Waals surface area (Å²) >= 11 is 1.23. The molecule has 0 aliphatic heterocycles. The van der Waals surface area contributed by atoms with Crippen LogP contribution in [0.2, 0.25) is 0 Å². The molecule has 8 heteroatoms. The molecule has 7 nitrogen and oxygen atoms in total. The molecule has 0 spiro atoms. The van der Waals surface area contributed by atoms with Gasteiger partial charge in [0.05, 0.1) is 30.5 Å². The first-order valence-corrected chi connectivity index (χ1v) is 9.89. The average molecular weight is 421 g/mol. The SMILES string of the molecule is COC(=O)c1ccccc1NC(=O)Cc1csc(NC(=O)C=Cc2ccccc2)n1. The lowest BCUT2D eigenvalue weighted by molar-refractivity contribution is -0.115. The number of nitrogens with one attached hydrogen (secondary N) is 2. The zero-order valence-electron chi connectivity index (χ0n) is 16.1. The van der Waals surface area contributed by atoms with Crippen molar-refractivity contribution >= 4 is 46.0 Å². The molecule has 3 rings (SSSR count). The summed E-state index contributed by atoms with van der Waals surface area (Å²) in [4.78, 5) is 40.4. The molecule has 0 saturated heterocycles. The zero-order valence-corrected chi connectivity index (χ0v) is 16.9. The number of rotatable bonds is 7. The van der Waals surface area contributed by atoms with E-state index < -0.39 is 5.97 Å². The fraction of sp³-hybridized carbons (Fsp3) is 0.0909. The number of methoxy groups -OCH3 is 1. The zero-order chi connectivity index (χ0) is 21.3. The van der Waals surface area contributed by atoms with Crippen LogP contribution in [-0.4, -0.2) is 29.9 Å². The predicted molar refractivity (Wildman–Crippen MR) is 116 cm³/mol. The number of aromatic nitrogens is 1. The molecular weight excluding hydrogens is 402 g/mol. The van der Waals surface area contributed by atoms with Crippen molar-refractivity contribution in [2.75, 3.05) is 17.7 Å². The highest BCUT2D eigenvalue weighted by atomic mass is 32.1. The fourth-order valence-corrected chi connectivity index (χ4v) is 3.28. The summed E-state index contributed by atoms with van der Waals surface area (Å²) in [5.74, 6) is -1.18. The van der Waals surface area contributed by atoms with Crippen molar-refractivity contribution in [3.8, 4) is 0 Å². The minimum atomic E-state index is -0.534. The second-order valence-electron chi connectivity index (χ2n) is 6.14. The standard InChI is InChI=1S/C22H19N3O4S/c1-29-21(28)17-9-5-6-10-18(17)24-20(27)13-16-14-30-22(23-16)25-19(26)12-11-15-7-3-2-4-8-15/h2-12,14H,13H2,1H3,(H,24,27)(H,23,25,26). The molecule has 0 saturated carbocycles. The fourth-order valence-electron chi connectivity index (χ4n) is 2.57. The Kier molecular flexibility index (Phi) is 7.07. The molecule has 0 unspecified atom stereocenters. The molecule has 0 bridgehead atoms.